The molecule has 26 heavy (non-hydrogen) atoms. The Kier molecular flexibility index (Phi) is 4.09. The van der Waals surface area contributed by atoms with Crippen LogP contribution in [0.1, 0.15) is 37.4 Å². The van der Waals surface area contributed by atoms with Crippen LogP contribution in [0.25, 0.3) is 0 Å². The van der Waals surface area contributed by atoms with Crippen LogP contribution in [0.3, 0.4) is 0 Å². The van der Waals surface area contributed by atoms with E-state index in [-0.39, 0.29) is 11.7 Å². The molecule has 2 aromatic carbocycles. The molecule has 6 heteroatoms. The van der Waals surface area contributed by atoms with Gasteiger partial charge in [0.1, 0.15) is 11.8 Å². The Morgan fingerprint density at radius 3 is 2.65 bits per heavy atom. The fraction of sp³-hybridized carbons (Fsp3) is 0.300. The minimum Gasteiger partial charge on any atom is -0.368 e. The number of amides is 1. The van der Waals surface area contributed by atoms with Gasteiger partial charge in [-0.15, -0.1) is 9.24 Å². The van der Waals surface area contributed by atoms with Crippen molar-refractivity contribution in [1.82, 2.24) is 0 Å². The number of nitrogens with zero attached hydrogens (tertiary/aromatic N) is 1. The SMILES string of the molecule is CC(=O)C1(C)CCN2C(=O)C(c3ccc(P)cc3)Nc3cc(Cl)cc1c32. The summed E-state index contributed by atoms with van der Waals surface area (Å²) in [5.41, 5.74) is 2.72. The van der Waals surface area contributed by atoms with Crippen LogP contribution in [0, 0.1) is 0 Å². The molecule has 3 atom stereocenters. The third kappa shape index (κ3) is 2.55. The van der Waals surface area contributed by atoms with Gasteiger partial charge in [0.25, 0.3) is 5.91 Å². The van der Waals surface area contributed by atoms with Gasteiger partial charge in [-0.2, -0.15) is 0 Å². The Bertz CT molecular complexity index is 928. The van der Waals surface area contributed by atoms with Gasteiger partial charge in [0.15, 0.2) is 0 Å². The third-order valence-corrected chi connectivity index (χ3v) is 6.24. The van der Waals surface area contributed by atoms with Crippen molar-refractivity contribution in [2.75, 3.05) is 16.8 Å². The quantitative estimate of drug-likeness (QED) is 0.802. The number of carbonyl (C=O) groups excluding carboxylic acids is 2. The number of carbonyl (C=O) groups is 2. The summed E-state index contributed by atoms with van der Waals surface area (Å²) in [6.45, 7) is 4.07. The second kappa shape index (κ2) is 6.07. The highest BCUT2D eigenvalue weighted by Crippen LogP contribution is 2.49. The highest BCUT2D eigenvalue weighted by molar-refractivity contribution is 7.27. The Hall–Kier alpha value is -1.90. The van der Waals surface area contributed by atoms with Gasteiger partial charge >= 0.3 is 0 Å². The zero-order valence-electron chi connectivity index (χ0n) is 14.7. The van der Waals surface area contributed by atoms with E-state index in [0.717, 1.165) is 27.8 Å². The number of rotatable bonds is 2. The van der Waals surface area contributed by atoms with Crippen molar-refractivity contribution < 1.29 is 9.59 Å². The number of ketones is 1. The normalized spacial score (nSPS) is 24.1. The van der Waals surface area contributed by atoms with Crippen LogP contribution in [0.15, 0.2) is 36.4 Å². The van der Waals surface area contributed by atoms with Gasteiger partial charge in [0, 0.05) is 11.6 Å². The molecule has 2 aliphatic rings. The first-order valence-corrected chi connectivity index (χ1v) is 9.55. The first-order valence-electron chi connectivity index (χ1n) is 8.59. The minimum absolute atomic E-state index is 0.00295. The van der Waals surface area contributed by atoms with Gasteiger partial charge in [-0.05, 0) is 48.8 Å². The van der Waals surface area contributed by atoms with E-state index in [1.54, 1.807) is 6.92 Å². The summed E-state index contributed by atoms with van der Waals surface area (Å²) in [5, 5.41) is 4.98. The maximum absolute atomic E-state index is 13.2. The van der Waals surface area contributed by atoms with Crippen molar-refractivity contribution >= 4 is 49.2 Å². The van der Waals surface area contributed by atoms with Gasteiger partial charge in [-0.3, -0.25) is 9.59 Å². The molecule has 0 aliphatic carbocycles. The fourth-order valence-electron chi connectivity index (χ4n) is 3.88. The van der Waals surface area contributed by atoms with E-state index in [9.17, 15) is 9.59 Å². The van der Waals surface area contributed by atoms with Gasteiger partial charge in [-0.1, -0.05) is 35.9 Å². The number of benzene rings is 2. The van der Waals surface area contributed by atoms with Crippen LogP contribution in [0.5, 0.6) is 0 Å². The van der Waals surface area contributed by atoms with Crippen LogP contribution in [0.2, 0.25) is 5.02 Å². The number of halogens is 1. The van der Waals surface area contributed by atoms with Crippen molar-refractivity contribution in [1.29, 1.82) is 0 Å². The van der Waals surface area contributed by atoms with E-state index in [1.165, 1.54) is 0 Å². The van der Waals surface area contributed by atoms with Gasteiger partial charge in [-0.25, -0.2) is 0 Å². The van der Waals surface area contributed by atoms with Crippen LogP contribution >= 0.6 is 20.8 Å². The second-order valence-electron chi connectivity index (χ2n) is 7.22. The predicted molar refractivity (Wildman–Crippen MR) is 109 cm³/mol. The lowest BCUT2D eigenvalue weighted by molar-refractivity contribution is -0.123. The summed E-state index contributed by atoms with van der Waals surface area (Å²) in [6, 6.07) is 11.1. The highest BCUT2D eigenvalue weighted by atomic mass is 35.5. The average Bonchev–Trinajstić information content (AvgIpc) is 2.60. The number of hydrogen-bond acceptors (Lipinski definition) is 3. The second-order valence-corrected chi connectivity index (χ2v) is 8.32. The molecule has 4 nitrogen and oxygen atoms in total. The van der Waals surface area contributed by atoms with Crippen molar-refractivity contribution in [2.24, 2.45) is 0 Å². The van der Waals surface area contributed by atoms with Crippen LogP contribution in [-0.2, 0) is 15.0 Å². The summed E-state index contributed by atoms with van der Waals surface area (Å²) < 4.78 is 0. The Balaban J connectivity index is 1.87. The van der Waals surface area contributed by atoms with E-state index in [0.29, 0.717) is 18.0 Å². The zero-order valence-corrected chi connectivity index (χ0v) is 16.6. The van der Waals surface area contributed by atoms with Crippen molar-refractivity contribution in [3.05, 3.63) is 52.5 Å². The molecule has 0 radical (unpaired) electrons. The molecule has 2 aromatic rings. The number of Topliss-reactive ketones (excluding diaryl/α,β-unsaturated/α-hetero) is 1. The largest absolute Gasteiger partial charge is 0.368 e. The molecule has 0 fully saturated rings. The average molecular weight is 387 g/mol. The number of hydrogen-bond donors (Lipinski definition) is 1. The van der Waals surface area contributed by atoms with E-state index in [4.69, 9.17) is 11.6 Å². The molecular formula is C20H20ClN2O2P. The van der Waals surface area contributed by atoms with Crippen LogP contribution in [-0.4, -0.2) is 18.2 Å². The van der Waals surface area contributed by atoms with Crippen LogP contribution < -0.4 is 15.5 Å². The van der Waals surface area contributed by atoms with Gasteiger partial charge in [0.2, 0.25) is 0 Å². The van der Waals surface area contributed by atoms with Crippen LogP contribution in [0.4, 0.5) is 11.4 Å². The maximum Gasteiger partial charge on any atom is 0.254 e. The van der Waals surface area contributed by atoms with Crippen molar-refractivity contribution in [3.63, 3.8) is 0 Å². The molecule has 1 amide bonds. The lowest BCUT2D eigenvalue weighted by atomic mass is 9.72. The van der Waals surface area contributed by atoms with Gasteiger partial charge in [0.05, 0.1) is 16.8 Å². The first kappa shape index (κ1) is 17.5. The van der Waals surface area contributed by atoms with Crippen molar-refractivity contribution in [2.45, 2.75) is 31.7 Å². The summed E-state index contributed by atoms with van der Waals surface area (Å²) >= 11 is 6.36. The third-order valence-electron chi connectivity index (χ3n) is 5.63. The molecule has 3 unspecified atom stereocenters. The lowest BCUT2D eigenvalue weighted by Gasteiger charge is -2.45. The molecule has 2 heterocycles. The molecule has 4 rings (SSSR count). The number of nitrogens with one attached hydrogen (secondary N) is 1. The lowest BCUT2D eigenvalue weighted by Crippen LogP contribution is -2.50. The minimum atomic E-state index is -0.624. The Morgan fingerprint density at radius 1 is 1.31 bits per heavy atom. The molecular weight excluding hydrogens is 367 g/mol. The highest BCUT2D eigenvalue weighted by Gasteiger charge is 2.45. The Morgan fingerprint density at radius 2 is 2.00 bits per heavy atom. The molecule has 0 saturated carbocycles. The summed E-state index contributed by atoms with van der Waals surface area (Å²) in [5.74, 6) is 0.0930. The fourth-order valence-corrected chi connectivity index (χ4v) is 4.29. The topological polar surface area (TPSA) is 49.4 Å². The maximum atomic E-state index is 13.2. The molecule has 134 valence electrons. The van der Waals surface area contributed by atoms with Gasteiger partial charge < -0.3 is 10.2 Å². The molecule has 0 spiro atoms. The zero-order chi connectivity index (χ0) is 18.6. The van der Waals surface area contributed by atoms with E-state index in [2.05, 4.69) is 14.6 Å². The van der Waals surface area contributed by atoms with Crippen molar-refractivity contribution in [3.8, 4) is 0 Å². The standard InChI is InChI=1S/C20H20ClN2O2P/c1-11(24)20(2)7-8-23-18-15(20)9-13(21)10-16(18)22-17(19(23)25)12-3-5-14(26)6-4-12/h3-6,9-10,17,22H,7-8,26H2,1-2H3. The summed E-state index contributed by atoms with van der Waals surface area (Å²) in [7, 11) is 2.65. The molecule has 0 bridgehead atoms. The van der Waals surface area contributed by atoms with E-state index >= 15 is 0 Å². The summed E-state index contributed by atoms with van der Waals surface area (Å²) in [6.07, 6.45) is 0.595. The summed E-state index contributed by atoms with van der Waals surface area (Å²) in [4.78, 5) is 27.4. The smallest absolute Gasteiger partial charge is 0.254 e. The molecule has 2 aliphatic heterocycles. The molecule has 0 saturated heterocycles. The predicted octanol–water partition coefficient (Wildman–Crippen LogP) is 3.59. The molecule has 1 N–H and O–H groups in total. The van der Waals surface area contributed by atoms with E-state index < -0.39 is 11.5 Å². The first-order chi connectivity index (χ1) is 12.3. The van der Waals surface area contributed by atoms with E-state index in [1.807, 2.05) is 48.2 Å². The monoisotopic (exact) mass is 386 g/mol. The molecule has 0 aromatic heterocycles. The number of anilines is 2. The Labute approximate surface area is 160 Å².